The molecule has 2 aromatic carbocycles. The van der Waals surface area contributed by atoms with Crippen molar-refractivity contribution in [3.8, 4) is 11.1 Å². The molecular weight excluding hydrogens is 494 g/mol. The number of furan rings is 1. The highest BCUT2D eigenvalue weighted by molar-refractivity contribution is 7.90. The van der Waals surface area contributed by atoms with E-state index in [-0.39, 0.29) is 30.4 Å². The van der Waals surface area contributed by atoms with Gasteiger partial charge in [-0.25, -0.2) is 13.2 Å². The molecule has 8 nitrogen and oxygen atoms in total. The normalized spacial score (nSPS) is 13.2. The molecule has 0 aliphatic carbocycles. The minimum absolute atomic E-state index is 0.226. The van der Waals surface area contributed by atoms with Gasteiger partial charge in [-0.1, -0.05) is 37.3 Å². The number of benzene rings is 2. The molecule has 1 heterocycles. The summed E-state index contributed by atoms with van der Waals surface area (Å²) in [6.07, 6.45) is 1.33. The molecule has 0 aliphatic heterocycles. The van der Waals surface area contributed by atoms with Gasteiger partial charge in [0.05, 0.1) is 12.4 Å². The summed E-state index contributed by atoms with van der Waals surface area (Å²) in [5, 5.41) is 12.0. The molecule has 1 aromatic heterocycles. The smallest absolute Gasteiger partial charge is 0.326 e. The van der Waals surface area contributed by atoms with Crippen LogP contribution < -0.4 is 5.32 Å². The second kappa shape index (κ2) is 12.2. The summed E-state index contributed by atoms with van der Waals surface area (Å²) in [7, 11) is -3.38. The average molecular weight is 528 g/mol. The summed E-state index contributed by atoms with van der Waals surface area (Å²) in [4.78, 5) is 24.9. The van der Waals surface area contributed by atoms with Crippen LogP contribution in [0, 0.1) is 6.92 Å². The number of sulfone groups is 1. The quantitative estimate of drug-likeness (QED) is 0.350. The fraction of sp³-hybridized carbons (Fsp3) is 0.357. The van der Waals surface area contributed by atoms with Gasteiger partial charge in [0.1, 0.15) is 33.5 Å². The van der Waals surface area contributed by atoms with Gasteiger partial charge in [-0.2, -0.15) is 0 Å². The van der Waals surface area contributed by atoms with Crippen LogP contribution in [0.2, 0.25) is 0 Å². The minimum atomic E-state index is -3.38. The fourth-order valence-electron chi connectivity index (χ4n) is 3.91. The summed E-state index contributed by atoms with van der Waals surface area (Å²) >= 11 is 0. The number of carbonyl (C=O) groups excluding carboxylic acids is 1. The molecule has 2 unspecified atom stereocenters. The number of aryl methyl sites for hydroxylation is 2. The van der Waals surface area contributed by atoms with Gasteiger partial charge in [0, 0.05) is 18.2 Å². The molecule has 37 heavy (non-hydrogen) atoms. The van der Waals surface area contributed by atoms with Crippen molar-refractivity contribution >= 4 is 21.7 Å². The number of hydrogen-bond donors (Lipinski definition) is 2. The third-order valence-corrected chi connectivity index (χ3v) is 7.05. The van der Waals surface area contributed by atoms with Gasteiger partial charge in [0.2, 0.25) is 0 Å². The number of rotatable bonds is 12. The second-order valence-electron chi connectivity index (χ2n) is 9.09. The largest absolute Gasteiger partial charge is 0.480 e. The molecule has 0 spiro atoms. The molecule has 9 heteroatoms. The number of nitrogens with one attached hydrogen (secondary N) is 1. The van der Waals surface area contributed by atoms with E-state index in [9.17, 15) is 23.1 Å². The van der Waals surface area contributed by atoms with Gasteiger partial charge in [-0.15, -0.1) is 0 Å². The van der Waals surface area contributed by atoms with E-state index in [1.807, 2.05) is 63.2 Å². The van der Waals surface area contributed by atoms with Crippen molar-refractivity contribution in [1.82, 2.24) is 5.32 Å². The van der Waals surface area contributed by atoms with Crippen LogP contribution in [0.1, 0.15) is 59.4 Å². The van der Waals surface area contributed by atoms with E-state index in [1.54, 1.807) is 12.1 Å². The van der Waals surface area contributed by atoms with E-state index >= 15 is 0 Å². The molecule has 0 radical (unpaired) electrons. The number of carboxylic acid groups (broad SMARTS) is 1. The number of ether oxygens (including phenoxy) is 1. The molecule has 198 valence electrons. The van der Waals surface area contributed by atoms with E-state index < -0.39 is 27.8 Å². The molecule has 0 saturated carbocycles. The highest BCUT2D eigenvalue weighted by Gasteiger charge is 2.24. The molecule has 1 amide bonds. The maximum absolute atomic E-state index is 13.2. The van der Waals surface area contributed by atoms with Crippen LogP contribution in [-0.4, -0.2) is 43.5 Å². The van der Waals surface area contributed by atoms with Crippen molar-refractivity contribution in [2.24, 2.45) is 0 Å². The van der Waals surface area contributed by atoms with Gasteiger partial charge < -0.3 is 19.6 Å². The first kappa shape index (κ1) is 28.1. The van der Waals surface area contributed by atoms with E-state index in [4.69, 9.17) is 9.15 Å². The van der Waals surface area contributed by atoms with Gasteiger partial charge in [0.15, 0.2) is 0 Å². The molecule has 3 rings (SSSR count). The van der Waals surface area contributed by atoms with Crippen LogP contribution in [-0.2, 0) is 32.4 Å². The standard InChI is InChI=1S/C28H33NO7S/c1-5-21-11-13-26(36-21)19(3)35-17-20-10-12-23(24(16-20)22-9-7-6-8-18(22)2)27(30)29-25(28(31)32)14-15-37(4,33)34/h6-13,16,19,25H,5,14-15,17H2,1-4H3,(H,29,30)(H,31,32). The highest BCUT2D eigenvalue weighted by atomic mass is 32.2. The molecule has 3 aromatic rings. The lowest BCUT2D eigenvalue weighted by Gasteiger charge is -2.18. The third-order valence-electron chi connectivity index (χ3n) is 6.08. The van der Waals surface area contributed by atoms with Crippen LogP contribution in [0.4, 0.5) is 0 Å². The Morgan fingerprint density at radius 2 is 1.81 bits per heavy atom. The highest BCUT2D eigenvalue weighted by Crippen LogP contribution is 2.29. The lowest BCUT2D eigenvalue weighted by Crippen LogP contribution is -2.42. The van der Waals surface area contributed by atoms with Crippen molar-refractivity contribution in [2.75, 3.05) is 12.0 Å². The van der Waals surface area contributed by atoms with E-state index in [1.165, 1.54) is 0 Å². The molecule has 2 atom stereocenters. The first-order valence-electron chi connectivity index (χ1n) is 12.1. The Morgan fingerprint density at radius 3 is 2.43 bits per heavy atom. The number of carboxylic acids is 1. The first-order chi connectivity index (χ1) is 17.5. The summed E-state index contributed by atoms with van der Waals surface area (Å²) in [6.45, 7) is 6.13. The summed E-state index contributed by atoms with van der Waals surface area (Å²) in [5.74, 6) is -0.612. The lowest BCUT2D eigenvalue weighted by atomic mass is 9.93. The lowest BCUT2D eigenvalue weighted by molar-refractivity contribution is -0.139. The van der Waals surface area contributed by atoms with Crippen LogP contribution in [0.3, 0.4) is 0 Å². The first-order valence-corrected chi connectivity index (χ1v) is 14.1. The maximum Gasteiger partial charge on any atom is 0.326 e. The van der Waals surface area contributed by atoms with Crippen LogP contribution in [0.5, 0.6) is 0 Å². The predicted molar refractivity (Wildman–Crippen MR) is 141 cm³/mol. The zero-order chi connectivity index (χ0) is 27.2. The van der Waals surface area contributed by atoms with Gasteiger partial charge in [-0.05, 0) is 66.8 Å². The molecule has 2 N–H and O–H groups in total. The molecule has 0 fully saturated rings. The van der Waals surface area contributed by atoms with Crippen molar-refractivity contribution in [3.63, 3.8) is 0 Å². The Morgan fingerprint density at radius 1 is 1.08 bits per heavy atom. The topological polar surface area (TPSA) is 123 Å². The predicted octanol–water partition coefficient (Wildman–Crippen LogP) is 4.71. The van der Waals surface area contributed by atoms with Gasteiger partial charge >= 0.3 is 5.97 Å². The van der Waals surface area contributed by atoms with Crippen LogP contribution in [0.15, 0.2) is 59.0 Å². The maximum atomic E-state index is 13.2. The third kappa shape index (κ3) is 7.77. The van der Waals surface area contributed by atoms with Gasteiger partial charge in [-0.3, -0.25) is 4.79 Å². The Bertz CT molecular complexity index is 1360. The Hall–Kier alpha value is -3.43. The van der Waals surface area contributed by atoms with Crippen molar-refractivity contribution in [1.29, 1.82) is 0 Å². The molecule has 0 bridgehead atoms. The van der Waals surface area contributed by atoms with Crippen LogP contribution in [0.25, 0.3) is 11.1 Å². The zero-order valence-corrected chi connectivity index (χ0v) is 22.3. The molecule has 0 saturated heterocycles. The van der Waals surface area contributed by atoms with Crippen molar-refractivity contribution in [3.05, 3.63) is 82.8 Å². The Labute approximate surface area is 217 Å². The van der Waals surface area contributed by atoms with Crippen molar-refractivity contribution < 1.29 is 32.3 Å². The number of aliphatic carboxylic acids is 1. The Kier molecular flexibility index (Phi) is 9.29. The summed E-state index contributed by atoms with van der Waals surface area (Å²) in [6, 6.07) is 15.3. The minimum Gasteiger partial charge on any atom is -0.480 e. The average Bonchev–Trinajstić information content (AvgIpc) is 3.34. The van der Waals surface area contributed by atoms with E-state index in [2.05, 4.69) is 5.32 Å². The Balaban J connectivity index is 1.87. The summed E-state index contributed by atoms with van der Waals surface area (Å²) in [5.41, 5.74) is 3.51. The monoisotopic (exact) mass is 527 g/mol. The van der Waals surface area contributed by atoms with E-state index in [0.29, 0.717) is 5.56 Å². The van der Waals surface area contributed by atoms with E-state index in [0.717, 1.165) is 40.9 Å². The van der Waals surface area contributed by atoms with Crippen LogP contribution >= 0.6 is 0 Å². The zero-order valence-electron chi connectivity index (χ0n) is 21.5. The fourth-order valence-corrected chi connectivity index (χ4v) is 4.57. The molecule has 0 aliphatic rings. The SMILES string of the molecule is CCc1ccc(C(C)OCc2ccc(C(=O)NC(CCS(C)(=O)=O)C(=O)O)c(-c3ccccc3C)c2)o1. The summed E-state index contributed by atoms with van der Waals surface area (Å²) < 4.78 is 34.8. The number of hydrogen-bond acceptors (Lipinski definition) is 6. The molecular formula is C28H33NO7S. The van der Waals surface area contributed by atoms with Gasteiger partial charge in [0.25, 0.3) is 5.91 Å². The number of amides is 1. The number of carbonyl (C=O) groups is 2. The van der Waals surface area contributed by atoms with Crippen molar-refractivity contribution in [2.45, 2.75) is 52.4 Å². The second-order valence-corrected chi connectivity index (χ2v) is 11.3.